The lowest BCUT2D eigenvalue weighted by atomic mass is 10.2. The van der Waals surface area contributed by atoms with Crippen molar-refractivity contribution >= 4 is 5.69 Å². The number of ether oxygens (including phenoxy) is 1. The third-order valence-corrected chi connectivity index (χ3v) is 2.26. The molecule has 0 spiro atoms. The minimum atomic E-state index is 0.760. The van der Waals surface area contributed by atoms with Crippen molar-refractivity contribution in [1.82, 2.24) is 5.32 Å². The first-order valence-electron chi connectivity index (χ1n) is 5.20. The fourth-order valence-electron chi connectivity index (χ4n) is 1.32. The Morgan fingerprint density at radius 2 is 1.87 bits per heavy atom. The Bertz CT molecular complexity index is 269. The van der Waals surface area contributed by atoms with Gasteiger partial charge in [0.2, 0.25) is 0 Å². The summed E-state index contributed by atoms with van der Waals surface area (Å²) >= 11 is 0. The molecule has 3 heteroatoms. The molecule has 0 atom stereocenters. The van der Waals surface area contributed by atoms with E-state index < -0.39 is 0 Å². The molecule has 0 saturated heterocycles. The van der Waals surface area contributed by atoms with Crippen molar-refractivity contribution in [1.29, 1.82) is 0 Å². The van der Waals surface area contributed by atoms with E-state index in [1.165, 1.54) is 11.3 Å². The van der Waals surface area contributed by atoms with E-state index in [-0.39, 0.29) is 0 Å². The van der Waals surface area contributed by atoms with Gasteiger partial charge in [0, 0.05) is 40.0 Å². The van der Waals surface area contributed by atoms with Gasteiger partial charge in [-0.2, -0.15) is 0 Å². The Balaban J connectivity index is 2.36. The van der Waals surface area contributed by atoms with Crippen molar-refractivity contribution in [3.8, 4) is 0 Å². The van der Waals surface area contributed by atoms with E-state index in [1.807, 2.05) is 14.1 Å². The van der Waals surface area contributed by atoms with Gasteiger partial charge >= 0.3 is 0 Å². The summed E-state index contributed by atoms with van der Waals surface area (Å²) in [5.74, 6) is 0. The Labute approximate surface area is 92.0 Å². The lowest BCUT2D eigenvalue weighted by Crippen LogP contribution is -2.18. The molecule has 0 aliphatic rings. The lowest BCUT2D eigenvalue weighted by Gasteiger charge is -2.12. The van der Waals surface area contributed by atoms with Gasteiger partial charge in [-0.25, -0.2) is 0 Å². The summed E-state index contributed by atoms with van der Waals surface area (Å²) in [5.41, 5.74) is 2.53. The van der Waals surface area contributed by atoms with Crippen LogP contribution in [0.4, 0.5) is 5.69 Å². The molecule has 0 aromatic heterocycles. The Kier molecular flexibility index (Phi) is 5.15. The van der Waals surface area contributed by atoms with E-state index in [0.29, 0.717) is 0 Å². The van der Waals surface area contributed by atoms with Gasteiger partial charge in [-0.05, 0) is 17.7 Å². The largest absolute Gasteiger partial charge is 0.383 e. The molecule has 0 unspecified atom stereocenters. The number of benzene rings is 1. The van der Waals surface area contributed by atoms with Gasteiger partial charge < -0.3 is 15.0 Å². The molecule has 0 fully saturated rings. The number of anilines is 1. The molecule has 0 aliphatic carbocycles. The highest BCUT2D eigenvalue weighted by Crippen LogP contribution is 2.11. The summed E-state index contributed by atoms with van der Waals surface area (Å²) in [6.45, 7) is 2.55. The van der Waals surface area contributed by atoms with E-state index in [1.54, 1.807) is 7.11 Å². The standard InChI is InChI=1S/C12H20N2O/c1-14(2)12-6-4-11(5-7-12)10-13-8-9-15-3/h4-7,13H,8-10H2,1-3H3. The van der Waals surface area contributed by atoms with E-state index in [0.717, 1.165) is 19.7 Å². The molecule has 0 amide bonds. The number of hydrogen-bond donors (Lipinski definition) is 1. The van der Waals surface area contributed by atoms with Crippen molar-refractivity contribution in [2.45, 2.75) is 6.54 Å². The zero-order chi connectivity index (χ0) is 11.1. The molecule has 0 radical (unpaired) electrons. The fraction of sp³-hybridized carbons (Fsp3) is 0.500. The van der Waals surface area contributed by atoms with Crippen LogP contribution in [0.5, 0.6) is 0 Å². The zero-order valence-electron chi connectivity index (χ0n) is 9.79. The molecule has 3 nitrogen and oxygen atoms in total. The normalized spacial score (nSPS) is 10.3. The van der Waals surface area contributed by atoms with Crippen LogP contribution < -0.4 is 10.2 Å². The highest BCUT2D eigenvalue weighted by Gasteiger charge is 1.95. The maximum Gasteiger partial charge on any atom is 0.0587 e. The minimum absolute atomic E-state index is 0.760. The maximum absolute atomic E-state index is 4.96. The first-order chi connectivity index (χ1) is 7.24. The quantitative estimate of drug-likeness (QED) is 0.717. The van der Waals surface area contributed by atoms with Gasteiger partial charge in [0.25, 0.3) is 0 Å². The summed E-state index contributed by atoms with van der Waals surface area (Å²) in [6, 6.07) is 8.56. The van der Waals surface area contributed by atoms with Crippen molar-refractivity contribution in [2.24, 2.45) is 0 Å². The Hall–Kier alpha value is -1.06. The van der Waals surface area contributed by atoms with Gasteiger partial charge in [0.05, 0.1) is 6.61 Å². The van der Waals surface area contributed by atoms with Crippen LogP contribution in [0.3, 0.4) is 0 Å². The lowest BCUT2D eigenvalue weighted by molar-refractivity contribution is 0.199. The minimum Gasteiger partial charge on any atom is -0.383 e. The van der Waals surface area contributed by atoms with Gasteiger partial charge in [-0.15, -0.1) is 0 Å². The predicted molar refractivity (Wildman–Crippen MR) is 64.4 cm³/mol. The van der Waals surface area contributed by atoms with Crippen LogP contribution in [-0.2, 0) is 11.3 Å². The fourth-order valence-corrected chi connectivity index (χ4v) is 1.32. The number of hydrogen-bond acceptors (Lipinski definition) is 3. The molecule has 15 heavy (non-hydrogen) atoms. The first kappa shape index (κ1) is 12.0. The highest BCUT2D eigenvalue weighted by atomic mass is 16.5. The molecule has 0 heterocycles. The second-order valence-corrected chi connectivity index (χ2v) is 3.73. The number of nitrogens with one attached hydrogen (secondary N) is 1. The van der Waals surface area contributed by atoms with Gasteiger partial charge in [-0.1, -0.05) is 12.1 Å². The second-order valence-electron chi connectivity index (χ2n) is 3.73. The average Bonchev–Trinajstić information content (AvgIpc) is 2.25. The average molecular weight is 208 g/mol. The summed E-state index contributed by atoms with van der Waals surface area (Å²) in [7, 11) is 5.81. The highest BCUT2D eigenvalue weighted by molar-refractivity contribution is 5.45. The van der Waals surface area contributed by atoms with Crippen LogP contribution in [-0.4, -0.2) is 34.4 Å². The van der Waals surface area contributed by atoms with Gasteiger partial charge in [0.15, 0.2) is 0 Å². The van der Waals surface area contributed by atoms with Crippen LogP contribution in [0.2, 0.25) is 0 Å². The van der Waals surface area contributed by atoms with Crippen molar-refractivity contribution in [2.75, 3.05) is 39.3 Å². The molecular formula is C12H20N2O. The van der Waals surface area contributed by atoms with Gasteiger partial charge in [0.1, 0.15) is 0 Å². The summed E-state index contributed by atoms with van der Waals surface area (Å²) in [4.78, 5) is 2.10. The van der Waals surface area contributed by atoms with E-state index in [2.05, 4.69) is 34.5 Å². The summed E-state index contributed by atoms with van der Waals surface area (Å²) < 4.78 is 4.96. The summed E-state index contributed by atoms with van der Waals surface area (Å²) in [5, 5.41) is 3.31. The molecule has 0 aliphatic heterocycles. The number of methoxy groups -OCH3 is 1. The van der Waals surface area contributed by atoms with Crippen molar-refractivity contribution in [3.05, 3.63) is 29.8 Å². The Morgan fingerprint density at radius 3 is 2.40 bits per heavy atom. The van der Waals surface area contributed by atoms with E-state index >= 15 is 0 Å². The Morgan fingerprint density at radius 1 is 1.20 bits per heavy atom. The van der Waals surface area contributed by atoms with Crippen LogP contribution in [0, 0.1) is 0 Å². The second kappa shape index (κ2) is 6.43. The van der Waals surface area contributed by atoms with E-state index in [9.17, 15) is 0 Å². The van der Waals surface area contributed by atoms with Crippen molar-refractivity contribution < 1.29 is 4.74 Å². The molecule has 1 aromatic rings. The predicted octanol–water partition coefficient (Wildman–Crippen LogP) is 1.49. The summed E-state index contributed by atoms with van der Waals surface area (Å²) in [6.07, 6.45) is 0. The third-order valence-electron chi connectivity index (χ3n) is 2.26. The molecule has 0 saturated carbocycles. The molecular weight excluding hydrogens is 188 g/mol. The van der Waals surface area contributed by atoms with Crippen LogP contribution in [0.1, 0.15) is 5.56 Å². The first-order valence-corrected chi connectivity index (χ1v) is 5.20. The van der Waals surface area contributed by atoms with Crippen molar-refractivity contribution in [3.63, 3.8) is 0 Å². The number of nitrogens with zero attached hydrogens (tertiary/aromatic N) is 1. The van der Waals surface area contributed by atoms with Gasteiger partial charge in [-0.3, -0.25) is 0 Å². The molecule has 0 bridgehead atoms. The molecule has 1 rings (SSSR count). The van der Waals surface area contributed by atoms with Crippen LogP contribution in [0.15, 0.2) is 24.3 Å². The number of rotatable bonds is 6. The maximum atomic E-state index is 4.96. The monoisotopic (exact) mass is 208 g/mol. The molecule has 1 aromatic carbocycles. The third kappa shape index (κ3) is 4.32. The smallest absolute Gasteiger partial charge is 0.0587 e. The molecule has 1 N–H and O–H groups in total. The topological polar surface area (TPSA) is 24.5 Å². The van der Waals surface area contributed by atoms with Crippen LogP contribution >= 0.6 is 0 Å². The zero-order valence-corrected chi connectivity index (χ0v) is 9.79. The molecule has 84 valence electrons. The SMILES string of the molecule is COCCNCc1ccc(N(C)C)cc1. The van der Waals surface area contributed by atoms with E-state index in [4.69, 9.17) is 4.74 Å². The van der Waals surface area contributed by atoms with Crippen LogP contribution in [0.25, 0.3) is 0 Å².